The molecule has 5 nitrogen and oxygen atoms in total. The van der Waals surface area contributed by atoms with Crippen molar-refractivity contribution in [3.8, 4) is 17.6 Å². The van der Waals surface area contributed by atoms with Crippen LogP contribution in [0.3, 0.4) is 0 Å². The Hall–Kier alpha value is -2.59. The Morgan fingerprint density at radius 3 is 2.77 bits per heavy atom. The summed E-state index contributed by atoms with van der Waals surface area (Å²) in [6.45, 7) is 5.00. The van der Waals surface area contributed by atoms with Gasteiger partial charge in [-0.3, -0.25) is 4.90 Å². The second kappa shape index (κ2) is 11.1. The van der Waals surface area contributed by atoms with Gasteiger partial charge in [-0.1, -0.05) is 30.4 Å². The minimum atomic E-state index is -0.553. The van der Waals surface area contributed by atoms with Crippen molar-refractivity contribution in [2.24, 2.45) is 0 Å². The second-order valence-electron chi connectivity index (χ2n) is 7.25. The highest BCUT2D eigenvalue weighted by molar-refractivity contribution is 6.30. The maximum atomic E-state index is 14.6. The maximum absolute atomic E-state index is 14.6. The predicted molar refractivity (Wildman–Crippen MR) is 120 cm³/mol. The highest BCUT2D eigenvalue weighted by atomic mass is 35.5. The van der Waals surface area contributed by atoms with E-state index in [0.717, 1.165) is 25.1 Å². The van der Waals surface area contributed by atoms with E-state index in [1.165, 1.54) is 11.0 Å². The molecule has 0 aliphatic carbocycles. The number of nitrogens with zero attached hydrogens (tertiary/aromatic N) is 2. The first-order chi connectivity index (χ1) is 15.0. The highest BCUT2D eigenvalue weighted by Gasteiger charge is 2.27. The second-order valence-corrected chi connectivity index (χ2v) is 7.68. The molecule has 0 spiro atoms. The number of anilines is 1. The van der Waals surface area contributed by atoms with Crippen LogP contribution in [-0.2, 0) is 6.42 Å². The van der Waals surface area contributed by atoms with Crippen LogP contribution in [0.4, 0.5) is 14.9 Å². The molecule has 0 radical (unpaired) electrons. The van der Waals surface area contributed by atoms with Crippen molar-refractivity contribution in [2.75, 3.05) is 37.7 Å². The molecule has 1 heterocycles. The van der Waals surface area contributed by atoms with Crippen molar-refractivity contribution < 1.29 is 19.0 Å². The van der Waals surface area contributed by atoms with Gasteiger partial charge in [0.2, 0.25) is 0 Å². The minimum Gasteiger partial charge on any atom is -0.410 e. The summed E-state index contributed by atoms with van der Waals surface area (Å²) in [7, 11) is 0. The lowest BCUT2D eigenvalue weighted by molar-refractivity contribution is 0.201. The number of aliphatic hydroxyl groups excluding tert-OH is 1. The van der Waals surface area contributed by atoms with Gasteiger partial charge in [-0.15, -0.1) is 0 Å². The number of benzene rings is 2. The zero-order valence-electron chi connectivity index (χ0n) is 17.5. The number of carbonyl (C=O) groups excluding carboxylic acids is 1. The van der Waals surface area contributed by atoms with E-state index in [4.69, 9.17) is 21.4 Å². The summed E-state index contributed by atoms with van der Waals surface area (Å²) < 4.78 is 20.0. The standard InChI is InChI=1S/C24H26ClFN2O3/c1-2-27(14-15-29)12-5-3-4-6-18-16-19-11-13-28(23(19)17-22(18)26)24(30)31-21-9-7-20(25)8-10-21/h7-10,16-17,29H,2-3,5,11-15H2,1H3. The van der Waals surface area contributed by atoms with Crippen LogP contribution in [0.5, 0.6) is 5.75 Å². The lowest BCUT2D eigenvalue weighted by Gasteiger charge is -2.17. The number of fused-ring (bicyclic) bond motifs is 1. The van der Waals surface area contributed by atoms with E-state index in [0.29, 0.717) is 48.0 Å². The van der Waals surface area contributed by atoms with Gasteiger partial charge in [-0.25, -0.2) is 9.18 Å². The molecule has 7 heteroatoms. The van der Waals surface area contributed by atoms with Gasteiger partial charge in [0.05, 0.1) is 17.9 Å². The lowest BCUT2D eigenvalue weighted by atomic mass is 10.1. The molecule has 0 aromatic heterocycles. The van der Waals surface area contributed by atoms with E-state index in [-0.39, 0.29) is 6.61 Å². The Labute approximate surface area is 187 Å². The van der Waals surface area contributed by atoms with Crippen LogP contribution in [0, 0.1) is 17.7 Å². The molecule has 1 aliphatic heterocycles. The number of aliphatic hydroxyl groups is 1. The van der Waals surface area contributed by atoms with Gasteiger partial charge < -0.3 is 14.7 Å². The fraction of sp³-hybridized carbons (Fsp3) is 0.375. The first kappa shape index (κ1) is 23.1. The van der Waals surface area contributed by atoms with Gasteiger partial charge in [0.15, 0.2) is 0 Å². The molecule has 0 bridgehead atoms. The molecule has 164 valence electrons. The molecular formula is C24H26ClFN2O3. The molecule has 0 atom stereocenters. The van der Waals surface area contributed by atoms with Crippen LogP contribution < -0.4 is 9.64 Å². The van der Waals surface area contributed by atoms with Crippen LogP contribution in [-0.4, -0.2) is 48.9 Å². The van der Waals surface area contributed by atoms with E-state index in [1.54, 1.807) is 30.3 Å². The van der Waals surface area contributed by atoms with Gasteiger partial charge in [-0.2, -0.15) is 0 Å². The Morgan fingerprint density at radius 2 is 2.06 bits per heavy atom. The average Bonchev–Trinajstić information content (AvgIpc) is 3.17. The largest absolute Gasteiger partial charge is 0.419 e. The van der Waals surface area contributed by atoms with E-state index in [1.807, 2.05) is 0 Å². The molecule has 0 fully saturated rings. The van der Waals surface area contributed by atoms with Crippen molar-refractivity contribution in [3.05, 3.63) is 58.4 Å². The number of hydrogen-bond acceptors (Lipinski definition) is 4. The zero-order chi connectivity index (χ0) is 22.2. The highest BCUT2D eigenvalue weighted by Crippen LogP contribution is 2.31. The first-order valence-electron chi connectivity index (χ1n) is 10.4. The van der Waals surface area contributed by atoms with Gasteiger partial charge in [-0.05, 0) is 67.9 Å². The van der Waals surface area contributed by atoms with Crippen molar-refractivity contribution in [1.29, 1.82) is 0 Å². The van der Waals surface area contributed by atoms with Crippen LogP contribution in [0.25, 0.3) is 0 Å². The topological polar surface area (TPSA) is 53.0 Å². The van der Waals surface area contributed by atoms with Crippen LogP contribution in [0.15, 0.2) is 36.4 Å². The molecule has 1 amide bonds. The van der Waals surface area contributed by atoms with Gasteiger partial charge in [0.25, 0.3) is 0 Å². The summed E-state index contributed by atoms with van der Waals surface area (Å²) in [5, 5.41) is 9.57. The molecule has 2 aromatic rings. The summed E-state index contributed by atoms with van der Waals surface area (Å²) in [6, 6.07) is 9.57. The molecule has 1 aliphatic rings. The number of likely N-dealkylation sites (N-methyl/N-ethyl adjacent to an activating group) is 1. The monoisotopic (exact) mass is 444 g/mol. The number of unbranched alkanes of at least 4 members (excludes halogenated alkanes) is 1. The third-order valence-corrected chi connectivity index (χ3v) is 5.42. The van der Waals surface area contributed by atoms with E-state index in [9.17, 15) is 9.18 Å². The van der Waals surface area contributed by atoms with E-state index >= 15 is 0 Å². The average molecular weight is 445 g/mol. The molecule has 0 unspecified atom stereocenters. The Morgan fingerprint density at radius 1 is 1.29 bits per heavy atom. The lowest BCUT2D eigenvalue weighted by Crippen LogP contribution is -2.31. The summed E-state index contributed by atoms with van der Waals surface area (Å²) in [5.74, 6) is 5.88. The zero-order valence-corrected chi connectivity index (χ0v) is 18.3. The number of rotatable bonds is 7. The van der Waals surface area contributed by atoms with Crippen molar-refractivity contribution >= 4 is 23.4 Å². The molecule has 0 saturated heterocycles. The fourth-order valence-electron chi connectivity index (χ4n) is 3.47. The quantitative estimate of drug-likeness (QED) is 0.505. The predicted octanol–water partition coefficient (Wildman–Crippen LogP) is 4.49. The summed E-state index contributed by atoms with van der Waals surface area (Å²) in [4.78, 5) is 16.1. The maximum Gasteiger partial charge on any atom is 0.419 e. The molecular weight excluding hydrogens is 419 g/mol. The number of halogens is 2. The van der Waals surface area contributed by atoms with Crippen LogP contribution >= 0.6 is 11.6 Å². The molecule has 1 N–H and O–H groups in total. The van der Waals surface area contributed by atoms with Gasteiger partial charge in [0.1, 0.15) is 11.6 Å². The Bertz CT molecular complexity index is 969. The minimum absolute atomic E-state index is 0.143. The summed E-state index contributed by atoms with van der Waals surface area (Å²) >= 11 is 5.85. The molecule has 2 aromatic carbocycles. The van der Waals surface area contributed by atoms with Crippen molar-refractivity contribution in [2.45, 2.75) is 26.2 Å². The number of amides is 1. The fourth-order valence-corrected chi connectivity index (χ4v) is 3.60. The third kappa shape index (κ3) is 6.20. The summed E-state index contributed by atoms with van der Waals surface area (Å²) in [6.07, 6.45) is 1.57. The normalized spacial score (nSPS) is 12.5. The summed E-state index contributed by atoms with van der Waals surface area (Å²) in [5.41, 5.74) is 1.73. The number of carbonyl (C=O) groups is 1. The first-order valence-corrected chi connectivity index (χ1v) is 10.8. The van der Waals surface area contributed by atoms with E-state index < -0.39 is 11.9 Å². The van der Waals surface area contributed by atoms with Gasteiger partial charge in [0, 0.05) is 24.5 Å². The third-order valence-electron chi connectivity index (χ3n) is 5.17. The van der Waals surface area contributed by atoms with Crippen LogP contribution in [0.2, 0.25) is 5.02 Å². The van der Waals surface area contributed by atoms with Crippen LogP contribution in [0.1, 0.15) is 30.9 Å². The smallest absolute Gasteiger partial charge is 0.410 e. The molecule has 31 heavy (non-hydrogen) atoms. The number of hydrogen-bond donors (Lipinski definition) is 1. The number of ether oxygens (including phenoxy) is 1. The molecule has 0 saturated carbocycles. The van der Waals surface area contributed by atoms with Crippen molar-refractivity contribution in [3.63, 3.8) is 0 Å². The molecule has 3 rings (SSSR count). The Balaban J connectivity index is 1.62. The van der Waals surface area contributed by atoms with Crippen molar-refractivity contribution in [1.82, 2.24) is 4.90 Å². The van der Waals surface area contributed by atoms with E-state index in [2.05, 4.69) is 23.7 Å². The SMILES string of the molecule is CCN(CCO)CCCC#Cc1cc2c(cc1F)N(C(=O)Oc1ccc(Cl)cc1)CC2. The van der Waals surface area contributed by atoms with Gasteiger partial charge >= 0.3 is 6.09 Å². The Kier molecular flexibility index (Phi) is 8.30.